The summed E-state index contributed by atoms with van der Waals surface area (Å²) in [5.41, 5.74) is 2.81. The van der Waals surface area contributed by atoms with Gasteiger partial charge in [0.15, 0.2) is 0 Å². The van der Waals surface area contributed by atoms with E-state index in [2.05, 4.69) is 39.8 Å². The zero-order valence-electron chi connectivity index (χ0n) is 12.6. The molecule has 0 aromatic heterocycles. The molecule has 0 heterocycles. The second kappa shape index (κ2) is 5.36. The van der Waals surface area contributed by atoms with Gasteiger partial charge in [0.25, 0.3) is 0 Å². The first-order valence-electron chi connectivity index (χ1n) is 7.21. The summed E-state index contributed by atoms with van der Waals surface area (Å²) in [6.45, 7) is 10.6. The maximum absolute atomic E-state index is 11.1. The molecule has 0 bridgehead atoms. The van der Waals surface area contributed by atoms with Gasteiger partial charge in [-0.15, -0.1) is 0 Å². The van der Waals surface area contributed by atoms with Crippen LogP contribution in [0.3, 0.4) is 0 Å². The number of esters is 1. The lowest BCUT2D eigenvalue weighted by molar-refractivity contribution is -0.131. The molecular weight excluding hydrogens is 236 g/mol. The quantitative estimate of drug-likeness (QED) is 0.602. The Morgan fingerprint density at radius 1 is 1.21 bits per heavy atom. The van der Waals surface area contributed by atoms with Crippen LogP contribution >= 0.6 is 0 Å². The van der Waals surface area contributed by atoms with Gasteiger partial charge in [-0.05, 0) is 53.4 Å². The minimum Gasteiger partial charge on any atom is -0.427 e. The van der Waals surface area contributed by atoms with Gasteiger partial charge in [0.05, 0.1) is 0 Å². The summed E-state index contributed by atoms with van der Waals surface area (Å²) in [7, 11) is 0. The lowest BCUT2D eigenvalue weighted by Crippen LogP contribution is -2.18. The summed E-state index contributed by atoms with van der Waals surface area (Å²) >= 11 is 0. The summed E-state index contributed by atoms with van der Waals surface area (Å²) in [5.74, 6) is 2.99. The number of hydrogen-bond donors (Lipinski definition) is 0. The molecule has 1 aliphatic rings. The summed E-state index contributed by atoms with van der Waals surface area (Å²) in [5, 5.41) is 0. The Balaban J connectivity index is 2.36. The van der Waals surface area contributed by atoms with Gasteiger partial charge in [0.1, 0.15) is 5.75 Å². The maximum atomic E-state index is 11.1. The zero-order chi connectivity index (χ0) is 14.2. The Morgan fingerprint density at radius 3 is 2.42 bits per heavy atom. The van der Waals surface area contributed by atoms with E-state index in [-0.39, 0.29) is 5.97 Å². The Hall–Kier alpha value is -1.31. The highest BCUT2D eigenvalue weighted by atomic mass is 16.5. The van der Waals surface area contributed by atoms with Crippen molar-refractivity contribution < 1.29 is 9.53 Å². The average molecular weight is 260 g/mol. The van der Waals surface area contributed by atoms with Crippen LogP contribution in [0.25, 0.3) is 0 Å². The summed E-state index contributed by atoms with van der Waals surface area (Å²) < 4.78 is 5.22. The monoisotopic (exact) mass is 260 g/mol. The maximum Gasteiger partial charge on any atom is 0.308 e. The number of hydrogen-bond acceptors (Lipinski definition) is 2. The molecule has 19 heavy (non-hydrogen) atoms. The highest BCUT2D eigenvalue weighted by Gasteiger charge is 2.36. The number of benzene rings is 1. The van der Waals surface area contributed by atoms with Gasteiger partial charge in [-0.25, -0.2) is 0 Å². The molecule has 2 rings (SSSR count). The van der Waals surface area contributed by atoms with Crippen LogP contribution in [0.5, 0.6) is 5.75 Å². The first-order chi connectivity index (χ1) is 8.90. The van der Waals surface area contributed by atoms with Gasteiger partial charge in [-0.3, -0.25) is 4.79 Å². The van der Waals surface area contributed by atoms with E-state index in [1.165, 1.54) is 18.1 Å². The number of rotatable bonds is 3. The van der Waals surface area contributed by atoms with E-state index in [1.807, 2.05) is 6.07 Å². The topological polar surface area (TPSA) is 26.3 Å². The van der Waals surface area contributed by atoms with Crippen LogP contribution in [-0.2, 0) is 11.2 Å². The third-order valence-electron chi connectivity index (χ3n) is 4.23. The highest BCUT2D eigenvalue weighted by molar-refractivity contribution is 5.69. The van der Waals surface area contributed by atoms with Crippen molar-refractivity contribution in [3.63, 3.8) is 0 Å². The SMILES string of the molecule is CC(=O)Oc1ccc2c(c1)C(C(C)C)C(C(C)C)C2. The second-order valence-electron chi connectivity index (χ2n) is 6.34. The molecular formula is C17H24O2. The number of ether oxygens (including phenoxy) is 1. The van der Waals surface area contributed by atoms with Crippen molar-refractivity contribution in [2.24, 2.45) is 17.8 Å². The molecule has 0 amide bonds. The summed E-state index contributed by atoms with van der Waals surface area (Å²) in [6, 6.07) is 6.12. The fraction of sp³-hybridized carbons (Fsp3) is 0.588. The van der Waals surface area contributed by atoms with E-state index in [0.717, 1.165) is 6.42 Å². The predicted molar refractivity (Wildman–Crippen MR) is 77.4 cm³/mol. The van der Waals surface area contributed by atoms with Crippen LogP contribution in [0.4, 0.5) is 0 Å². The minimum atomic E-state index is -0.251. The fourth-order valence-electron chi connectivity index (χ4n) is 3.41. The van der Waals surface area contributed by atoms with Crippen molar-refractivity contribution in [3.05, 3.63) is 29.3 Å². The summed E-state index contributed by atoms with van der Waals surface area (Å²) in [6.07, 6.45) is 1.15. The molecule has 2 nitrogen and oxygen atoms in total. The minimum absolute atomic E-state index is 0.251. The number of carbonyl (C=O) groups excluding carboxylic acids is 1. The van der Waals surface area contributed by atoms with Crippen molar-refractivity contribution in [2.75, 3.05) is 0 Å². The molecule has 0 aliphatic heterocycles. The Labute approximate surface area is 116 Å². The molecule has 0 spiro atoms. The zero-order valence-corrected chi connectivity index (χ0v) is 12.6. The Morgan fingerprint density at radius 2 is 1.89 bits per heavy atom. The third-order valence-corrected chi connectivity index (χ3v) is 4.23. The molecule has 2 atom stereocenters. The summed E-state index contributed by atoms with van der Waals surface area (Å²) in [4.78, 5) is 11.1. The van der Waals surface area contributed by atoms with E-state index >= 15 is 0 Å². The van der Waals surface area contributed by atoms with Crippen LogP contribution < -0.4 is 4.74 Å². The molecule has 0 fully saturated rings. The first kappa shape index (κ1) is 14.1. The van der Waals surface area contributed by atoms with Crippen molar-refractivity contribution in [1.82, 2.24) is 0 Å². The number of fused-ring (bicyclic) bond motifs is 1. The van der Waals surface area contributed by atoms with Gasteiger partial charge >= 0.3 is 5.97 Å². The lowest BCUT2D eigenvalue weighted by atomic mass is 9.78. The van der Waals surface area contributed by atoms with Gasteiger partial charge in [0.2, 0.25) is 0 Å². The van der Waals surface area contributed by atoms with Gasteiger partial charge in [-0.2, -0.15) is 0 Å². The van der Waals surface area contributed by atoms with Crippen LogP contribution in [-0.4, -0.2) is 5.97 Å². The van der Waals surface area contributed by atoms with E-state index in [1.54, 1.807) is 0 Å². The largest absolute Gasteiger partial charge is 0.427 e. The van der Waals surface area contributed by atoms with Crippen molar-refractivity contribution in [2.45, 2.75) is 47.0 Å². The molecule has 1 aromatic rings. The van der Waals surface area contributed by atoms with Crippen LogP contribution in [0.2, 0.25) is 0 Å². The molecule has 1 aliphatic carbocycles. The third kappa shape index (κ3) is 2.83. The fourth-order valence-corrected chi connectivity index (χ4v) is 3.41. The first-order valence-corrected chi connectivity index (χ1v) is 7.21. The van der Waals surface area contributed by atoms with Crippen LogP contribution in [0.15, 0.2) is 18.2 Å². The van der Waals surface area contributed by atoms with E-state index in [9.17, 15) is 4.79 Å². The average Bonchev–Trinajstić information content (AvgIpc) is 2.66. The molecule has 0 saturated heterocycles. The van der Waals surface area contributed by atoms with Crippen molar-refractivity contribution >= 4 is 5.97 Å². The van der Waals surface area contributed by atoms with E-state index in [0.29, 0.717) is 29.4 Å². The van der Waals surface area contributed by atoms with Crippen molar-refractivity contribution in [1.29, 1.82) is 0 Å². The molecule has 1 aromatic carbocycles. The van der Waals surface area contributed by atoms with Gasteiger partial charge < -0.3 is 4.74 Å². The van der Waals surface area contributed by atoms with Crippen LogP contribution in [0, 0.1) is 17.8 Å². The van der Waals surface area contributed by atoms with Crippen molar-refractivity contribution in [3.8, 4) is 5.75 Å². The molecule has 0 radical (unpaired) electrons. The molecule has 0 saturated carbocycles. The van der Waals surface area contributed by atoms with Crippen LogP contribution in [0.1, 0.15) is 51.7 Å². The molecule has 104 valence electrons. The molecule has 2 heteroatoms. The molecule has 2 unspecified atom stereocenters. The highest BCUT2D eigenvalue weighted by Crippen LogP contribution is 2.46. The molecule has 0 N–H and O–H groups in total. The Kier molecular flexibility index (Phi) is 3.98. The smallest absolute Gasteiger partial charge is 0.308 e. The van der Waals surface area contributed by atoms with Gasteiger partial charge in [0, 0.05) is 6.92 Å². The lowest BCUT2D eigenvalue weighted by Gasteiger charge is -2.27. The number of carbonyl (C=O) groups is 1. The predicted octanol–water partition coefficient (Wildman–Crippen LogP) is 4.18. The standard InChI is InChI=1S/C17H24O2/c1-10(2)15-8-13-6-7-14(19-12(5)18)9-16(13)17(15)11(3)4/h6-7,9-11,15,17H,8H2,1-5H3. The van der Waals surface area contributed by atoms with E-state index < -0.39 is 0 Å². The second-order valence-corrected chi connectivity index (χ2v) is 6.34. The normalized spacial score (nSPS) is 21.8. The van der Waals surface area contributed by atoms with Gasteiger partial charge in [-0.1, -0.05) is 33.8 Å². The Bertz CT molecular complexity index is 474. The van der Waals surface area contributed by atoms with E-state index in [4.69, 9.17) is 4.74 Å².